The fourth-order valence-electron chi connectivity index (χ4n) is 2.70. The van der Waals surface area contributed by atoms with Gasteiger partial charge in [0.25, 0.3) is 0 Å². The van der Waals surface area contributed by atoms with E-state index in [0.29, 0.717) is 36.7 Å². The third-order valence-corrected chi connectivity index (χ3v) is 3.86. The maximum absolute atomic E-state index is 13.5. The van der Waals surface area contributed by atoms with Crippen molar-refractivity contribution in [2.75, 3.05) is 11.4 Å². The van der Waals surface area contributed by atoms with Crippen LogP contribution in [0.5, 0.6) is 0 Å². The van der Waals surface area contributed by atoms with Crippen molar-refractivity contribution in [1.29, 1.82) is 0 Å². The predicted octanol–water partition coefficient (Wildman–Crippen LogP) is 2.97. The summed E-state index contributed by atoms with van der Waals surface area (Å²) >= 11 is 0. The zero-order valence-corrected chi connectivity index (χ0v) is 12.0. The van der Waals surface area contributed by atoms with Gasteiger partial charge >= 0.3 is 0 Å². The van der Waals surface area contributed by atoms with Gasteiger partial charge in [-0.15, -0.1) is 0 Å². The smallest absolute Gasteiger partial charge is 0.225 e. The van der Waals surface area contributed by atoms with Crippen molar-refractivity contribution >= 4 is 5.95 Å². The lowest BCUT2D eigenvalue weighted by atomic mass is 10.0. The van der Waals surface area contributed by atoms with Gasteiger partial charge in [0.15, 0.2) is 11.6 Å². The number of anilines is 1. The van der Waals surface area contributed by atoms with Gasteiger partial charge in [-0.3, -0.25) is 0 Å². The van der Waals surface area contributed by atoms with Crippen LogP contribution in [0.4, 0.5) is 14.7 Å². The van der Waals surface area contributed by atoms with E-state index < -0.39 is 11.6 Å². The minimum atomic E-state index is -0.904. The van der Waals surface area contributed by atoms with Gasteiger partial charge in [0.2, 0.25) is 5.95 Å². The molecule has 0 amide bonds. The lowest BCUT2D eigenvalue weighted by Crippen LogP contribution is -2.31. The molecule has 0 saturated carbocycles. The minimum absolute atomic E-state index is 0.490. The second-order valence-electron chi connectivity index (χ2n) is 5.28. The van der Waals surface area contributed by atoms with Crippen molar-refractivity contribution in [3.8, 4) is 11.3 Å². The number of benzene rings is 1. The van der Waals surface area contributed by atoms with Crippen LogP contribution < -0.4 is 4.90 Å². The van der Waals surface area contributed by atoms with Gasteiger partial charge in [0.1, 0.15) is 11.5 Å². The molecule has 3 heterocycles. The lowest BCUT2D eigenvalue weighted by Gasteiger charge is -2.25. The quantitative estimate of drug-likeness (QED) is 0.728. The molecule has 0 unspecified atom stereocenters. The summed E-state index contributed by atoms with van der Waals surface area (Å²) in [6.07, 6.45) is 4.02. The average Bonchev–Trinajstić information content (AvgIpc) is 3.01. The molecule has 0 aliphatic carbocycles. The first-order chi connectivity index (χ1) is 11.2. The standard InChI is InChI=1S/C16H12F2N4O/c17-12-3-2-10(8-13(12)18)15-11-9-22(7-4-14(11)23-21-15)16-19-5-1-6-20-16/h1-3,5-6,8H,4,7,9H2. The highest BCUT2D eigenvalue weighted by Gasteiger charge is 2.26. The molecule has 1 aliphatic rings. The molecule has 1 aromatic carbocycles. The first-order valence-electron chi connectivity index (χ1n) is 7.17. The summed E-state index contributed by atoms with van der Waals surface area (Å²) in [5.74, 6) is -0.406. The highest BCUT2D eigenvalue weighted by atomic mass is 19.2. The first-order valence-corrected chi connectivity index (χ1v) is 7.17. The van der Waals surface area contributed by atoms with E-state index in [-0.39, 0.29) is 0 Å². The molecule has 23 heavy (non-hydrogen) atoms. The Bertz CT molecular complexity index is 851. The molecule has 116 valence electrons. The van der Waals surface area contributed by atoms with E-state index in [1.165, 1.54) is 6.07 Å². The van der Waals surface area contributed by atoms with Gasteiger partial charge in [-0.05, 0) is 24.3 Å². The molecular weight excluding hydrogens is 302 g/mol. The second-order valence-corrected chi connectivity index (χ2v) is 5.28. The fraction of sp³-hybridized carbons (Fsp3) is 0.188. The molecule has 0 saturated heterocycles. The van der Waals surface area contributed by atoms with Crippen LogP contribution in [-0.4, -0.2) is 21.7 Å². The van der Waals surface area contributed by atoms with Crippen LogP contribution in [-0.2, 0) is 13.0 Å². The zero-order valence-electron chi connectivity index (χ0n) is 12.0. The van der Waals surface area contributed by atoms with Crippen LogP contribution in [0.25, 0.3) is 11.3 Å². The van der Waals surface area contributed by atoms with E-state index in [4.69, 9.17) is 4.52 Å². The van der Waals surface area contributed by atoms with Crippen LogP contribution in [0.2, 0.25) is 0 Å². The maximum atomic E-state index is 13.5. The molecule has 0 spiro atoms. The summed E-state index contributed by atoms with van der Waals surface area (Å²) in [4.78, 5) is 10.5. The van der Waals surface area contributed by atoms with Crippen molar-refractivity contribution in [1.82, 2.24) is 15.1 Å². The van der Waals surface area contributed by atoms with Gasteiger partial charge in [-0.2, -0.15) is 0 Å². The highest BCUT2D eigenvalue weighted by molar-refractivity contribution is 5.64. The van der Waals surface area contributed by atoms with E-state index >= 15 is 0 Å². The highest BCUT2D eigenvalue weighted by Crippen LogP contribution is 2.31. The predicted molar refractivity (Wildman–Crippen MR) is 78.6 cm³/mol. The van der Waals surface area contributed by atoms with Gasteiger partial charge < -0.3 is 9.42 Å². The van der Waals surface area contributed by atoms with Gasteiger partial charge in [0, 0.05) is 36.5 Å². The largest absolute Gasteiger partial charge is 0.360 e. The van der Waals surface area contributed by atoms with Crippen LogP contribution in [0.1, 0.15) is 11.3 Å². The van der Waals surface area contributed by atoms with E-state index in [1.54, 1.807) is 18.5 Å². The van der Waals surface area contributed by atoms with Crippen molar-refractivity contribution in [2.45, 2.75) is 13.0 Å². The van der Waals surface area contributed by atoms with Crippen LogP contribution in [0, 0.1) is 11.6 Å². The Kier molecular flexibility index (Phi) is 3.25. The number of hydrogen-bond donors (Lipinski definition) is 0. The van der Waals surface area contributed by atoms with Crippen LogP contribution >= 0.6 is 0 Å². The molecule has 2 aromatic heterocycles. The molecule has 5 nitrogen and oxygen atoms in total. The summed E-state index contributed by atoms with van der Waals surface area (Å²) < 4.78 is 32.0. The summed E-state index contributed by atoms with van der Waals surface area (Å²) in [6.45, 7) is 1.22. The van der Waals surface area contributed by atoms with Gasteiger partial charge in [-0.25, -0.2) is 18.7 Å². The van der Waals surface area contributed by atoms with Crippen LogP contribution in [0.3, 0.4) is 0 Å². The third kappa shape index (κ3) is 2.44. The Balaban J connectivity index is 1.71. The van der Waals surface area contributed by atoms with Gasteiger partial charge in [0.05, 0.1) is 6.54 Å². The van der Waals surface area contributed by atoms with E-state index in [0.717, 1.165) is 23.5 Å². The molecule has 1 aliphatic heterocycles. The van der Waals surface area contributed by atoms with E-state index in [1.807, 2.05) is 4.90 Å². The fourth-order valence-corrected chi connectivity index (χ4v) is 2.70. The number of hydrogen-bond acceptors (Lipinski definition) is 5. The molecule has 0 radical (unpaired) electrons. The van der Waals surface area contributed by atoms with Crippen LogP contribution in [0.15, 0.2) is 41.2 Å². The molecule has 3 aromatic rings. The Hall–Kier alpha value is -2.83. The molecule has 0 fully saturated rings. The van der Waals surface area contributed by atoms with E-state index in [9.17, 15) is 8.78 Å². The second kappa shape index (κ2) is 5.42. The number of fused-ring (bicyclic) bond motifs is 1. The first kappa shape index (κ1) is 13.8. The number of aromatic nitrogens is 3. The molecule has 7 heteroatoms. The lowest BCUT2D eigenvalue weighted by molar-refractivity contribution is 0.378. The Morgan fingerprint density at radius 2 is 1.91 bits per heavy atom. The molecule has 0 N–H and O–H groups in total. The van der Waals surface area contributed by atoms with Gasteiger partial charge in [-0.1, -0.05) is 5.16 Å². The van der Waals surface area contributed by atoms with Crippen molar-refractivity contribution in [3.63, 3.8) is 0 Å². The molecule has 4 rings (SSSR count). The summed E-state index contributed by atoms with van der Waals surface area (Å²) in [6, 6.07) is 5.47. The molecule has 0 bridgehead atoms. The maximum Gasteiger partial charge on any atom is 0.225 e. The molecule has 0 atom stereocenters. The number of halogens is 2. The minimum Gasteiger partial charge on any atom is -0.360 e. The Labute approximate surface area is 130 Å². The summed E-state index contributed by atoms with van der Waals surface area (Å²) in [7, 11) is 0. The van der Waals surface area contributed by atoms with E-state index in [2.05, 4.69) is 15.1 Å². The topological polar surface area (TPSA) is 55.1 Å². The SMILES string of the molecule is Fc1ccc(-c2noc3c2CN(c2ncccn2)CC3)cc1F. The molecular formula is C16H12F2N4O. The normalized spacial score (nSPS) is 13.9. The van der Waals surface area contributed by atoms with Crippen molar-refractivity contribution in [2.24, 2.45) is 0 Å². The van der Waals surface area contributed by atoms with Crippen molar-refractivity contribution in [3.05, 3.63) is 59.6 Å². The third-order valence-electron chi connectivity index (χ3n) is 3.86. The van der Waals surface area contributed by atoms with Crippen molar-refractivity contribution < 1.29 is 13.3 Å². The Morgan fingerprint density at radius 1 is 1.09 bits per heavy atom. The Morgan fingerprint density at radius 3 is 2.70 bits per heavy atom. The number of rotatable bonds is 2. The zero-order chi connectivity index (χ0) is 15.8. The number of nitrogens with zero attached hydrogens (tertiary/aromatic N) is 4. The monoisotopic (exact) mass is 314 g/mol. The summed E-state index contributed by atoms with van der Waals surface area (Å²) in [5, 5.41) is 4.04. The summed E-state index contributed by atoms with van der Waals surface area (Å²) in [5.41, 5.74) is 1.87. The average molecular weight is 314 g/mol.